The first-order valence-electron chi connectivity index (χ1n) is 6.89. The van der Waals surface area contributed by atoms with Gasteiger partial charge in [-0.15, -0.1) is 0 Å². The summed E-state index contributed by atoms with van der Waals surface area (Å²) >= 11 is 0. The second-order valence-electron chi connectivity index (χ2n) is 5.73. The minimum Gasteiger partial charge on any atom is -0.0798 e. The quantitative estimate of drug-likeness (QED) is 0.598. The molecule has 1 aromatic carbocycles. The van der Waals surface area contributed by atoms with Gasteiger partial charge in [0.15, 0.2) is 0 Å². The predicted molar refractivity (Wildman–Crippen MR) is 75.2 cm³/mol. The molecule has 0 radical (unpaired) electrons. The van der Waals surface area contributed by atoms with Gasteiger partial charge in [-0.3, -0.25) is 0 Å². The van der Waals surface area contributed by atoms with Crippen molar-refractivity contribution in [2.75, 3.05) is 0 Å². The van der Waals surface area contributed by atoms with Gasteiger partial charge in [-0.05, 0) is 43.6 Å². The minimum absolute atomic E-state index is 0.482. The van der Waals surface area contributed by atoms with Crippen LogP contribution < -0.4 is 0 Å². The Kier molecular flexibility index (Phi) is 3.71. The molecule has 1 saturated carbocycles. The lowest BCUT2D eigenvalue weighted by atomic mass is 9.91. The van der Waals surface area contributed by atoms with E-state index in [1.165, 1.54) is 36.8 Å². The molecule has 0 heterocycles. The summed E-state index contributed by atoms with van der Waals surface area (Å²) in [4.78, 5) is 0. The molecule has 0 nitrogen and oxygen atoms in total. The molecule has 0 heteroatoms. The van der Waals surface area contributed by atoms with Crippen LogP contribution in [0.25, 0.3) is 0 Å². The van der Waals surface area contributed by atoms with Crippen LogP contribution in [0, 0.1) is 5.41 Å². The molecule has 1 aliphatic carbocycles. The Morgan fingerprint density at radius 1 is 1.29 bits per heavy atom. The van der Waals surface area contributed by atoms with E-state index in [0.29, 0.717) is 5.41 Å². The molecule has 1 aliphatic rings. The summed E-state index contributed by atoms with van der Waals surface area (Å²) in [7, 11) is 0. The molecule has 92 valence electrons. The van der Waals surface area contributed by atoms with E-state index in [4.69, 9.17) is 0 Å². The molecular formula is C17H24. The highest BCUT2D eigenvalue weighted by molar-refractivity contribution is 5.34. The Morgan fingerprint density at radius 2 is 2.00 bits per heavy atom. The van der Waals surface area contributed by atoms with E-state index in [9.17, 15) is 0 Å². The van der Waals surface area contributed by atoms with E-state index in [1.807, 2.05) is 0 Å². The third-order valence-electron chi connectivity index (χ3n) is 3.89. The first-order chi connectivity index (χ1) is 8.18. The standard InChI is InChI=1S/C17H24/c1-4-5-11-17(12-14(2)3)13-16(17)15-9-7-6-8-10-15/h6-10,12,16H,4-5,11,13H2,1-3H3/t16-,17+/m0/s1. The van der Waals surface area contributed by atoms with Gasteiger partial charge in [-0.25, -0.2) is 0 Å². The van der Waals surface area contributed by atoms with Crippen LogP contribution >= 0.6 is 0 Å². The van der Waals surface area contributed by atoms with Gasteiger partial charge >= 0.3 is 0 Å². The summed E-state index contributed by atoms with van der Waals surface area (Å²) in [6.07, 6.45) is 7.89. The monoisotopic (exact) mass is 228 g/mol. The zero-order valence-electron chi connectivity index (χ0n) is 11.4. The molecule has 0 amide bonds. The first-order valence-corrected chi connectivity index (χ1v) is 6.89. The number of rotatable bonds is 5. The highest BCUT2D eigenvalue weighted by Gasteiger charge is 2.51. The summed E-state index contributed by atoms with van der Waals surface area (Å²) in [5.74, 6) is 0.769. The molecule has 0 aliphatic heterocycles. The van der Waals surface area contributed by atoms with Crippen molar-refractivity contribution in [2.24, 2.45) is 5.41 Å². The summed E-state index contributed by atoms with van der Waals surface area (Å²) in [5, 5.41) is 0. The van der Waals surface area contributed by atoms with Gasteiger partial charge in [-0.2, -0.15) is 0 Å². The summed E-state index contributed by atoms with van der Waals surface area (Å²) in [6.45, 7) is 6.75. The Balaban J connectivity index is 2.14. The summed E-state index contributed by atoms with van der Waals surface area (Å²) in [5.41, 5.74) is 3.48. The van der Waals surface area contributed by atoms with Crippen molar-refractivity contribution >= 4 is 0 Å². The number of unbranched alkanes of at least 4 members (excludes halogenated alkanes) is 1. The van der Waals surface area contributed by atoms with Gasteiger partial charge < -0.3 is 0 Å². The molecule has 2 rings (SSSR count). The average molecular weight is 228 g/mol. The number of allylic oxidation sites excluding steroid dienone is 2. The SMILES string of the molecule is CCCC[C@@]1(C=C(C)C)C[C@H]1c1ccccc1. The zero-order valence-corrected chi connectivity index (χ0v) is 11.4. The van der Waals surface area contributed by atoms with Crippen molar-refractivity contribution < 1.29 is 0 Å². The fourth-order valence-corrected chi connectivity index (χ4v) is 3.05. The van der Waals surface area contributed by atoms with Gasteiger partial charge in [0.2, 0.25) is 0 Å². The smallest absolute Gasteiger partial charge is 0.00407 e. The van der Waals surface area contributed by atoms with Crippen molar-refractivity contribution in [2.45, 2.75) is 52.4 Å². The largest absolute Gasteiger partial charge is 0.0798 e. The van der Waals surface area contributed by atoms with Crippen LogP contribution in [0.1, 0.15) is 57.9 Å². The third-order valence-corrected chi connectivity index (χ3v) is 3.89. The molecule has 0 saturated heterocycles. The van der Waals surface area contributed by atoms with Crippen LogP contribution in [-0.2, 0) is 0 Å². The Bertz CT molecular complexity index is 384. The molecule has 0 aromatic heterocycles. The number of hydrogen-bond acceptors (Lipinski definition) is 0. The van der Waals surface area contributed by atoms with Crippen molar-refractivity contribution in [3.63, 3.8) is 0 Å². The Hall–Kier alpha value is -1.04. The molecule has 0 unspecified atom stereocenters. The van der Waals surface area contributed by atoms with E-state index >= 15 is 0 Å². The van der Waals surface area contributed by atoms with E-state index in [0.717, 1.165) is 5.92 Å². The van der Waals surface area contributed by atoms with E-state index in [2.05, 4.69) is 57.2 Å². The molecule has 2 atom stereocenters. The third kappa shape index (κ3) is 2.80. The molecule has 1 aromatic rings. The topological polar surface area (TPSA) is 0 Å². The van der Waals surface area contributed by atoms with Gasteiger partial charge in [0.1, 0.15) is 0 Å². The van der Waals surface area contributed by atoms with E-state index in [-0.39, 0.29) is 0 Å². The normalized spacial score (nSPS) is 26.6. The van der Waals surface area contributed by atoms with Crippen molar-refractivity contribution in [3.8, 4) is 0 Å². The summed E-state index contributed by atoms with van der Waals surface area (Å²) in [6, 6.07) is 11.0. The lowest BCUT2D eigenvalue weighted by Crippen LogP contribution is -2.00. The van der Waals surface area contributed by atoms with Crippen LogP contribution in [0.5, 0.6) is 0 Å². The van der Waals surface area contributed by atoms with Crippen molar-refractivity contribution in [1.82, 2.24) is 0 Å². The molecular weight excluding hydrogens is 204 g/mol. The number of benzene rings is 1. The van der Waals surface area contributed by atoms with E-state index in [1.54, 1.807) is 0 Å². The van der Waals surface area contributed by atoms with E-state index < -0.39 is 0 Å². The van der Waals surface area contributed by atoms with Crippen LogP contribution in [0.2, 0.25) is 0 Å². The molecule has 0 spiro atoms. The highest BCUT2D eigenvalue weighted by Crippen LogP contribution is 2.63. The molecule has 0 bridgehead atoms. The molecule has 1 fully saturated rings. The second kappa shape index (κ2) is 5.08. The maximum atomic E-state index is 2.53. The van der Waals surface area contributed by atoms with Crippen LogP contribution in [-0.4, -0.2) is 0 Å². The van der Waals surface area contributed by atoms with Gasteiger partial charge in [0, 0.05) is 0 Å². The fourth-order valence-electron chi connectivity index (χ4n) is 3.05. The van der Waals surface area contributed by atoms with Crippen LogP contribution in [0.3, 0.4) is 0 Å². The zero-order chi connectivity index (χ0) is 12.3. The number of hydrogen-bond donors (Lipinski definition) is 0. The predicted octanol–water partition coefficient (Wildman–Crippen LogP) is 5.32. The van der Waals surface area contributed by atoms with Gasteiger partial charge in [-0.1, -0.05) is 61.7 Å². The second-order valence-corrected chi connectivity index (χ2v) is 5.73. The molecule has 17 heavy (non-hydrogen) atoms. The summed E-state index contributed by atoms with van der Waals surface area (Å²) < 4.78 is 0. The van der Waals surface area contributed by atoms with Gasteiger partial charge in [0.05, 0.1) is 0 Å². The molecule has 0 N–H and O–H groups in total. The van der Waals surface area contributed by atoms with Gasteiger partial charge in [0.25, 0.3) is 0 Å². The lowest BCUT2D eigenvalue weighted by molar-refractivity contribution is 0.524. The highest BCUT2D eigenvalue weighted by atomic mass is 14.5. The fraction of sp³-hybridized carbons (Fsp3) is 0.529. The lowest BCUT2D eigenvalue weighted by Gasteiger charge is -2.13. The first kappa shape index (κ1) is 12.4. The van der Waals surface area contributed by atoms with Crippen LogP contribution in [0.4, 0.5) is 0 Å². The van der Waals surface area contributed by atoms with Crippen LogP contribution in [0.15, 0.2) is 42.0 Å². The Labute approximate surface area is 106 Å². The Morgan fingerprint density at radius 3 is 2.59 bits per heavy atom. The average Bonchev–Trinajstić information content (AvgIpc) is 3.01. The maximum Gasteiger partial charge on any atom is -0.00407 e. The maximum absolute atomic E-state index is 2.53. The van der Waals surface area contributed by atoms with Crippen molar-refractivity contribution in [1.29, 1.82) is 0 Å². The minimum atomic E-state index is 0.482. The van der Waals surface area contributed by atoms with Crippen molar-refractivity contribution in [3.05, 3.63) is 47.5 Å².